The molecule has 1 saturated heterocycles. The van der Waals surface area contributed by atoms with Gasteiger partial charge in [0.25, 0.3) is 5.88 Å². The first-order valence-electron chi connectivity index (χ1n) is 6.92. The van der Waals surface area contributed by atoms with Crippen LogP contribution in [0.2, 0.25) is 0 Å². The van der Waals surface area contributed by atoms with Gasteiger partial charge in [-0.15, -0.1) is 0 Å². The van der Waals surface area contributed by atoms with Crippen molar-refractivity contribution < 1.29 is 9.53 Å². The highest BCUT2D eigenvalue weighted by molar-refractivity contribution is 5.77. The summed E-state index contributed by atoms with van der Waals surface area (Å²) < 4.78 is 5.71. The third-order valence-corrected chi connectivity index (χ3v) is 3.71. The number of hydrogen-bond acceptors (Lipinski definition) is 5. The highest BCUT2D eigenvalue weighted by Crippen LogP contribution is 2.33. The van der Waals surface area contributed by atoms with Gasteiger partial charge in [0.05, 0.1) is 6.54 Å². The Morgan fingerprint density at radius 3 is 2.95 bits per heavy atom. The molecule has 1 aliphatic carbocycles. The van der Waals surface area contributed by atoms with Crippen molar-refractivity contribution in [3.63, 3.8) is 0 Å². The standard InChI is InChI=1S/C14H16N4O2/c15-8-12-14(17-5-4-16-12)20-11-3-6-18(9-11)13(19)7-10-1-2-10/h4-5,10-11H,1-3,6-7,9H2/t11-/m1/s1. The lowest BCUT2D eigenvalue weighted by atomic mass is 10.2. The molecule has 0 N–H and O–H groups in total. The fourth-order valence-corrected chi connectivity index (χ4v) is 2.40. The number of ether oxygens (including phenoxy) is 1. The molecule has 0 aromatic carbocycles. The van der Waals surface area contributed by atoms with E-state index in [2.05, 4.69) is 9.97 Å². The summed E-state index contributed by atoms with van der Waals surface area (Å²) >= 11 is 0. The second-order valence-corrected chi connectivity index (χ2v) is 5.34. The molecule has 0 unspecified atom stereocenters. The van der Waals surface area contributed by atoms with Crippen LogP contribution in [0.3, 0.4) is 0 Å². The number of amides is 1. The van der Waals surface area contributed by atoms with Crippen molar-refractivity contribution in [1.29, 1.82) is 5.26 Å². The van der Waals surface area contributed by atoms with E-state index in [1.165, 1.54) is 25.2 Å². The van der Waals surface area contributed by atoms with Crippen molar-refractivity contribution in [3.05, 3.63) is 18.1 Å². The molecule has 0 radical (unpaired) electrons. The summed E-state index contributed by atoms with van der Waals surface area (Å²) in [5, 5.41) is 8.94. The van der Waals surface area contributed by atoms with Crippen molar-refractivity contribution in [2.24, 2.45) is 5.92 Å². The number of nitriles is 1. The molecule has 3 rings (SSSR count). The Hall–Kier alpha value is -2.16. The zero-order valence-electron chi connectivity index (χ0n) is 11.2. The van der Waals surface area contributed by atoms with Crippen LogP contribution in [0.5, 0.6) is 5.88 Å². The average Bonchev–Trinajstić information content (AvgIpc) is 3.15. The van der Waals surface area contributed by atoms with E-state index in [9.17, 15) is 4.79 Å². The molecule has 104 valence electrons. The van der Waals surface area contributed by atoms with Crippen LogP contribution in [0.1, 0.15) is 31.4 Å². The Bertz CT molecular complexity index is 550. The molecular weight excluding hydrogens is 256 g/mol. The van der Waals surface area contributed by atoms with Crippen LogP contribution >= 0.6 is 0 Å². The van der Waals surface area contributed by atoms with Gasteiger partial charge >= 0.3 is 0 Å². The second kappa shape index (κ2) is 5.45. The third kappa shape index (κ3) is 2.87. The molecular formula is C14H16N4O2. The van der Waals surface area contributed by atoms with Crippen LogP contribution in [0.15, 0.2) is 12.4 Å². The number of nitrogens with zero attached hydrogens (tertiary/aromatic N) is 4. The van der Waals surface area contributed by atoms with Crippen molar-refractivity contribution in [2.45, 2.75) is 31.8 Å². The number of rotatable bonds is 4. The topological polar surface area (TPSA) is 79.1 Å². The minimum Gasteiger partial charge on any atom is -0.470 e. The Kier molecular flexibility index (Phi) is 3.50. The first kappa shape index (κ1) is 12.9. The quantitative estimate of drug-likeness (QED) is 0.820. The summed E-state index contributed by atoms with van der Waals surface area (Å²) in [7, 11) is 0. The van der Waals surface area contributed by atoms with Gasteiger partial charge in [-0.1, -0.05) is 0 Å². The molecule has 1 amide bonds. The van der Waals surface area contributed by atoms with E-state index in [1.807, 2.05) is 11.0 Å². The lowest BCUT2D eigenvalue weighted by molar-refractivity contribution is -0.130. The highest BCUT2D eigenvalue weighted by Gasteiger charge is 2.32. The Labute approximate surface area is 117 Å². The van der Waals surface area contributed by atoms with Gasteiger partial charge < -0.3 is 9.64 Å². The highest BCUT2D eigenvalue weighted by atomic mass is 16.5. The number of carbonyl (C=O) groups excluding carboxylic acids is 1. The monoisotopic (exact) mass is 272 g/mol. The molecule has 2 aliphatic rings. The second-order valence-electron chi connectivity index (χ2n) is 5.34. The zero-order chi connectivity index (χ0) is 13.9. The van der Waals surface area contributed by atoms with Gasteiger partial charge in [-0.3, -0.25) is 4.79 Å². The van der Waals surface area contributed by atoms with Crippen LogP contribution < -0.4 is 4.74 Å². The van der Waals surface area contributed by atoms with Crippen LogP contribution in [0, 0.1) is 17.2 Å². The van der Waals surface area contributed by atoms with Crippen molar-refractivity contribution in [3.8, 4) is 11.9 Å². The largest absolute Gasteiger partial charge is 0.470 e. The maximum atomic E-state index is 12.0. The number of likely N-dealkylation sites (tertiary alicyclic amines) is 1. The molecule has 0 bridgehead atoms. The molecule has 2 fully saturated rings. The number of carbonyl (C=O) groups is 1. The molecule has 6 nitrogen and oxygen atoms in total. The lowest BCUT2D eigenvalue weighted by Crippen LogP contribution is -2.31. The minimum atomic E-state index is -0.0954. The van der Waals surface area contributed by atoms with Gasteiger partial charge in [0, 0.05) is 31.8 Å². The summed E-state index contributed by atoms with van der Waals surface area (Å²) in [5.74, 6) is 1.09. The van der Waals surface area contributed by atoms with E-state index in [4.69, 9.17) is 10.00 Å². The normalized spacial score (nSPS) is 21.6. The SMILES string of the molecule is N#Cc1nccnc1O[C@@H]1CCN(C(=O)CC2CC2)C1. The van der Waals surface area contributed by atoms with Crippen molar-refractivity contribution in [2.75, 3.05) is 13.1 Å². The molecule has 1 saturated carbocycles. The van der Waals surface area contributed by atoms with E-state index in [0.29, 0.717) is 18.9 Å². The molecule has 1 aliphatic heterocycles. The zero-order valence-corrected chi connectivity index (χ0v) is 11.2. The predicted molar refractivity (Wildman–Crippen MR) is 69.7 cm³/mol. The summed E-state index contributed by atoms with van der Waals surface area (Å²) in [5.41, 5.74) is 0.190. The van der Waals surface area contributed by atoms with E-state index >= 15 is 0 Å². The average molecular weight is 272 g/mol. The first-order chi connectivity index (χ1) is 9.76. The molecule has 0 spiro atoms. The third-order valence-electron chi connectivity index (χ3n) is 3.71. The fraction of sp³-hybridized carbons (Fsp3) is 0.571. The van der Waals surface area contributed by atoms with Gasteiger partial charge in [0.15, 0.2) is 0 Å². The van der Waals surface area contributed by atoms with Gasteiger partial charge in [-0.05, 0) is 18.8 Å². The van der Waals surface area contributed by atoms with E-state index < -0.39 is 0 Å². The molecule has 1 aromatic heterocycles. The number of aromatic nitrogens is 2. The summed E-state index contributed by atoms with van der Waals surface area (Å²) in [4.78, 5) is 21.8. The summed E-state index contributed by atoms with van der Waals surface area (Å²) in [6.45, 7) is 1.30. The van der Waals surface area contributed by atoms with Crippen LogP contribution in [-0.4, -0.2) is 40.0 Å². The molecule has 6 heteroatoms. The van der Waals surface area contributed by atoms with E-state index in [1.54, 1.807) is 0 Å². The van der Waals surface area contributed by atoms with Gasteiger partial charge in [0.1, 0.15) is 12.2 Å². The maximum absolute atomic E-state index is 12.0. The molecule has 1 atom stereocenters. The van der Waals surface area contributed by atoms with E-state index in [0.717, 1.165) is 13.0 Å². The lowest BCUT2D eigenvalue weighted by Gasteiger charge is -2.16. The Morgan fingerprint density at radius 2 is 2.20 bits per heavy atom. The maximum Gasteiger partial charge on any atom is 0.251 e. The fourth-order valence-electron chi connectivity index (χ4n) is 2.40. The molecule has 20 heavy (non-hydrogen) atoms. The van der Waals surface area contributed by atoms with E-state index in [-0.39, 0.29) is 23.6 Å². The molecule has 1 aromatic rings. The molecule has 2 heterocycles. The summed E-state index contributed by atoms with van der Waals surface area (Å²) in [6, 6.07) is 1.96. The Balaban J connectivity index is 1.57. The van der Waals surface area contributed by atoms with Crippen LogP contribution in [0.4, 0.5) is 0 Å². The summed E-state index contributed by atoms with van der Waals surface area (Å²) in [6.07, 6.45) is 6.68. The van der Waals surface area contributed by atoms with Gasteiger partial charge in [0.2, 0.25) is 11.6 Å². The van der Waals surface area contributed by atoms with Crippen molar-refractivity contribution >= 4 is 5.91 Å². The van der Waals surface area contributed by atoms with Crippen molar-refractivity contribution in [1.82, 2.24) is 14.9 Å². The van der Waals surface area contributed by atoms with Crippen LogP contribution in [0.25, 0.3) is 0 Å². The Morgan fingerprint density at radius 1 is 1.40 bits per heavy atom. The number of hydrogen-bond donors (Lipinski definition) is 0. The van der Waals surface area contributed by atoms with Gasteiger partial charge in [-0.25, -0.2) is 9.97 Å². The minimum absolute atomic E-state index is 0.0954. The smallest absolute Gasteiger partial charge is 0.251 e. The first-order valence-corrected chi connectivity index (χ1v) is 6.92. The van der Waals surface area contributed by atoms with Crippen LogP contribution in [-0.2, 0) is 4.79 Å². The predicted octanol–water partition coefficient (Wildman–Crippen LogP) is 1.13. The van der Waals surface area contributed by atoms with Gasteiger partial charge in [-0.2, -0.15) is 5.26 Å².